The van der Waals surface area contributed by atoms with E-state index < -0.39 is 11.0 Å². The van der Waals surface area contributed by atoms with Gasteiger partial charge in [-0.3, -0.25) is 14.4 Å². The normalized spacial score (nSPS) is 51.7. The number of hydrogen-bond donors (Lipinski definition) is 0. The van der Waals surface area contributed by atoms with Crippen LogP contribution in [0.5, 0.6) is 0 Å². The average molecular weight is 330 g/mol. The third-order valence-corrected chi connectivity index (χ3v) is 7.32. The molecule has 3 aliphatic carbocycles. The third-order valence-electron chi connectivity index (χ3n) is 7.32. The van der Waals surface area contributed by atoms with Gasteiger partial charge in [0, 0.05) is 12.8 Å². The molecular formula is C20H26O4. The van der Waals surface area contributed by atoms with Crippen LogP contribution in [0.3, 0.4) is 0 Å². The first-order chi connectivity index (χ1) is 11.0. The van der Waals surface area contributed by atoms with E-state index in [1.54, 1.807) is 6.92 Å². The first kappa shape index (κ1) is 16.2. The number of Topliss-reactive ketones (excluding diaryl/α,β-unsaturated/α-hetero) is 3. The molecule has 1 heterocycles. The lowest BCUT2D eigenvalue weighted by Gasteiger charge is -2.36. The minimum Gasteiger partial charge on any atom is -0.361 e. The lowest BCUT2D eigenvalue weighted by Crippen LogP contribution is -2.46. The first-order valence-electron chi connectivity index (χ1n) is 9.02. The molecule has 2 saturated carbocycles. The Hall–Kier alpha value is -1.29. The van der Waals surface area contributed by atoms with Crippen LogP contribution < -0.4 is 0 Å². The number of rotatable bonds is 0. The molecule has 130 valence electrons. The van der Waals surface area contributed by atoms with Gasteiger partial charge >= 0.3 is 0 Å². The van der Waals surface area contributed by atoms with Crippen molar-refractivity contribution in [2.24, 2.45) is 28.6 Å². The molecule has 4 rings (SSSR count). The lowest BCUT2D eigenvalue weighted by atomic mass is 9.64. The fourth-order valence-electron chi connectivity index (χ4n) is 5.85. The van der Waals surface area contributed by atoms with Crippen molar-refractivity contribution in [1.82, 2.24) is 0 Å². The second kappa shape index (κ2) is 4.46. The van der Waals surface area contributed by atoms with Crippen molar-refractivity contribution in [2.75, 3.05) is 0 Å². The van der Waals surface area contributed by atoms with Gasteiger partial charge in [-0.15, -0.1) is 0 Å². The van der Waals surface area contributed by atoms with E-state index in [0.717, 1.165) is 6.42 Å². The molecule has 0 unspecified atom stereocenters. The van der Waals surface area contributed by atoms with Crippen LogP contribution in [0.15, 0.2) is 11.6 Å². The maximum absolute atomic E-state index is 13.6. The number of fused-ring (bicyclic) bond motifs is 1. The Morgan fingerprint density at radius 3 is 2.46 bits per heavy atom. The smallest absolute Gasteiger partial charge is 0.158 e. The number of ether oxygens (including phenoxy) is 1. The molecule has 0 bridgehead atoms. The highest BCUT2D eigenvalue weighted by Crippen LogP contribution is 2.63. The first-order valence-corrected chi connectivity index (χ1v) is 9.02. The van der Waals surface area contributed by atoms with Gasteiger partial charge in [0.1, 0.15) is 11.4 Å². The predicted molar refractivity (Wildman–Crippen MR) is 88.3 cm³/mol. The number of epoxide rings is 1. The van der Waals surface area contributed by atoms with E-state index in [1.165, 1.54) is 0 Å². The molecule has 0 aromatic carbocycles. The highest BCUT2D eigenvalue weighted by atomic mass is 16.6. The topological polar surface area (TPSA) is 63.7 Å². The van der Waals surface area contributed by atoms with Crippen LogP contribution in [0.4, 0.5) is 0 Å². The zero-order chi connectivity index (χ0) is 17.7. The molecule has 0 radical (unpaired) electrons. The molecule has 4 nitrogen and oxygen atoms in total. The Morgan fingerprint density at radius 1 is 1.17 bits per heavy atom. The van der Waals surface area contributed by atoms with Gasteiger partial charge in [0.15, 0.2) is 11.6 Å². The van der Waals surface area contributed by atoms with E-state index in [2.05, 4.69) is 6.92 Å². The maximum atomic E-state index is 13.6. The minimum atomic E-state index is -1.06. The van der Waals surface area contributed by atoms with E-state index >= 15 is 0 Å². The second-order valence-corrected chi connectivity index (χ2v) is 9.32. The summed E-state index contributed by atoms with van der Waals surface area (Å²) in [5, 5.41) is 0. The Bertz CT molecular complexity index is 702. The second-order valence-electron chi connectivity index (χ2n) is 9.32. The van der Waals surface area contributed by atoms with Crippen LogP contribution in [-0.2, 0) is 19.1 Å². The van der Waals surface area contributed by atoms with Gasteiger partial charge in [-0.1, -0.05) is 20.8 Å². The van der Waals surface area contributed by atoms with E-state index in [9.17, 15) is 14.4 Å². The molecule has 0 aromatic heterocycles. The van der Waals surface area contributed by atoms with Gasteiger partial charge in [0.2, 0.25) is 0 Å². The van der Waals surface area contributed by atoms with Gasteiger partial charge in [-0.25, -0.2) is 0 Å². The average Bonchev–Trinajstić information content (AvgIpc) is 3.10. The number of ketones is 3. The molecule has 1 spiro atoms. The van der Waals surface area contributed by atoms with Crippen LogP contribution in [0.1, 0.15) is 53.9 Å². The molecule has 24 heavy (non-hydrogen) atoms. The van der Waals surface area contributed by atoms with E-state index in [0.29, 0.717) is 12.0 Å². The Labute approximate surface area is 143 Å². The van der Waals surface area contributed by atoms with E-state index in [4.69, 9.17) is 4.74 Å². The fraction of sp³-hybridized carbons (Fsp3) is 0.750. The number of carbonyl (C=O) groups is 3. The molecule has 4 aliphatic rings. The van der Waals surface area contributed by atoms with Crippen molar-refractivity contribution in [3.05, 3.63) is 11.6 Å². The van der Waals surface area contributed by atoms with Crippen LogP contribution in [0.2, 0.25) is 0 Å². The standard InChI is InChI=1S/C20H26O4/c1-10-6-12-16(23)19(5)14(18(3,4)9-15(19)22)7-13(21)11(2)8-20(12)17(10)24-20/h8,10,12,14,17H,6-7,9H2,1-5H3/b11-8-/t10-,12-,14-,17+,19+,20-/m1/s1. The maximum Gasteiger partial charge on any atom is 0.158 e. The van der Waals surface area contributed by atoms with Gasteiger partial charge in [0.25, 0.3) is 0 Å². The van der Waals surface area contributed by atoms with Crippen molar-refractivity contribution < 1.29 is 19.1 Å². The number of hydrogen-bond acceptors (Lipinski definition) is 4. The van der Waals surface area contributed by atoms with Gasteiger partial charge in [-0.05, 0) is 49.2 Å². The van der Waals surface area contributed by atoms with Crippen molar-refractivity contribution in [1.29, 1.82) is 0 Å². The molecule has 0 aromatic rings. The number of carbonyl (C=O) groups excluding carboxylic acids is 3. The van der Waals surface area contributed by atoms with Gasteiger partial charge < -0.3 is 4.74 Å². The number of allylic oxidation sites excluding steroid dienone is 1. The molecule has 3 fully saturated rings. The SMILES string of the molecule is C/C1=C/[C@]23O[C@H]2[C@H](C)C[C@@H]3C(=O)[C@]2(C)C(=O)CC(C)(C)[C@H]2CC1=O. The summed E-state index contributed by atoms with van der Waals surface area (Å²) in [6.07, 6.45) is 3.30. The quantitative estimate of drug-likeness (QED) is 0.506. The fourth-order valence-corrected chi connectivity index (χ4v) is 5.85. The third kappa shape index (κ3) is 1.75. The van der Waals surface area contributed by atoms with Gasteiger partial charge in [-0.2, -0.15) is 0 Å². The van der Waals surface area contributed by atoms with Crippen molar-refractivity contribution >= 4 is 17.3 Å². The minimum absolute atomic E-state index is 0.00163. The molecule has 0 N–H and O–H groups in total. The van der Waals surface area contributed by atoms with Crippen LogP contribution in [0.25, 0.3) is 0 Å². The highest BCUT2D eigenvalue weighted by Gasteiger charge is 2.73. The Balaban J connectivity index is 1.89. The summed E-state index contributed by atoms with van der Waals surface area (Å²) in [6, 6.07) is 0. The van der Waals surface area contributed by atoms with Crippen LogP contribution in [-0.4, -0.2) is 29.1 Å². The van der Waals surface area contributed by atoms with Crippen molar-refractivity contribution in [3.63, 3.8) is 0 Å². The summed E-state index contributed by atoms with van der Waals surface area (Å²) in [7, 11) is 0. The largest absolute Gasteiger partial charge is 0.361 e. The summed E-state index contributed by atoms with van der Waals surface area (Å²) in [5.41, 5.74) is -1.34. The predicted octanol–water partition coefficient (Wildman–Crippen LogP) is 2.89. The molecule has 4 heteroatoms. The van der Waals surface area contributed by atoms with Crippen LogP contribution >= 0.6 is 0 Å². The highest BCUT2D eigenvalue weighted by molar-refractivity contribution is 6.11. The van der Waals surface area contributed by atoms with Crippen molar-refractivity contribution in [3.8, 4) is 0 Å². The molecule has 1 saturated heterocycles. The summed E-state index contributed by atoms with van der Waals surface area (Å²) in [6.45, 7) is 9.74. The summed E-state index contributed by atoms with van der Waals surface area (Å²) in [5.74, 6) is -0.196. The van der Waals surface area contributed by atoms with E-state index in [-0.39, 0.29) is 53.0 Å². The van der Waals surface area contributed by atoms with Crippen molar-refractivity contribution in [2.45, 2.75) is 65.6 Å². The summed E-state index contributed by atoms with van der Waals surface area (Å²) >= 11 is 0. The molecule has 1 aliphatic heterocycles. The molecule has 0 amide bonds. The molecular weight excluding hydrogens is 304 g/mol. The Morgan fingerprint density at radius 2 is 1.83 bits per heavy atom. The zero-order valence-corrected chi connectivity index (χ0v) is 15.1. The van der Waals surface area contributed by atoms with E-state index in [1.807, 2.05) is 26.8 Å². The summed E-state index contributed by atoms with van der Waals surface area (Å²) < 4.78 is 5.96. The Kier molecular flexibility index (Phi) is 3.01. The monoisotopic (exact) mass is 330 g/mol. The lowest BCUT2D eigenvalue weighted by molar-refractivity contribution is -0.144. The zero-order valence-electron chi connectivity index (χ0n) is 15.1. The van der Waals surface area contributed by atoms with Crippen LogP contribution in [0, 0.1) is 28.6 Å². The summed E-state index contributed by atoms with van der Waals surface area (Å²) in [4.78, 5) is 39.3. The van der Waals surface area contributed by atoms with Gasteiger partial charge in [0.05, 0.1) is 17.4 Å². The molecule has 6 atom stereocenters.